The highest BCUT2D eigenvalue weighted by Crippen LogP contribution is 2.29. The molecule has 4 heteroatoms. The number of benzene rings is 2. The van der Waals surface area contributed by atoms with E-state index in [9.17, 15) is 0 Å². The van der Waals surface area contributed by atoms with Gasteiger partial charge in [0, 0.05) is 16.9 Å². The van der Waals surface area contributed by atoms with Gasteiger partial charge in [-0.3, -0.25) is 0 Å². The molecule has 0 spiro atoms. The van der Waals surface area contributed by atoms with E-state index in [1.165, 1.54) is 0 Å². The maximum atomic E-state index is 5.92. The zero-order valence-corrected chi connectivity index (χ0v) is 10.2. The SMILES string of the molecule is Nc1ccc(N)c(-c2ccc(OCS)cc2)c1. The van der Waals surface area contributed by atoms with Crippen LogP contribution in [0.3, 0.4) is 0 Å². The van der Waals surface area contributed by atoms with E-state index >= 15 is 0 Å². The summed E-state index contributed by atoms with van der Waals surface area (Å²) >= 11 is 4.00. The predicted octanol–water partition coefficient (Wildman–Crippen LogP) is 2.78. The van der Waals surface area contributed by atoms with Gasteiger partial charge >= 0.3 is 0 Å². The van der Waals surface area contributed by atoms with Crippen molar-refractivity contribution in [1.29, 1.82) is 0 Å². The molecule has 0 heterocycles. The van der Waals surface area contributed by atoms with Crippen molar-refractivity contribution in [2.24, 2.45) is 0 Å². The van der Waals surface area contributed by atoms with E-state index in [-0.39, 0.29) is 0 Å². The third kappa shape index (κ3) is 2.65. The lowest BCUT2D eigenvalue weighted by atomic mass is 10.0. The largest absolute Gasteiger partial charge is 0.483 e. The Morgan fingerprint density at radius 3 is 2.35 bits per heavy atom. The van der Waals surface area contributed by atoms with E-state index in [0.717, 1.165) is 16.9 Å². The molecule has 0 aliphatic carbocycles. The maximum Gasteiger partial charge on any atom is 0.131 e. The van der Waals surface area contributed by atoms with Crippen LogP contribution in [-0.2, 0) is 0 Å². The molecule has 17 heavy (non-hydrogen) atoms. The molecule has 0 fully saturated rings. The van der Waals surface area contributed by atoms with Crippen molar-refractivity contribution < 1.29 is 4.74 Å². The lowest BCUT2D eigenvalue weighted by molar-refractivity contribution is 0.395. The summed E-state index contributed by atoms with van der Waals surface area (Å²) < 4.78 is 5.26. The summed E-state index contributed by atoms with van der Waals surface area (Å²) in [6, 6.07) is 13.1. The Bertz CT molecular complexity index is 511. The fourth-order valence-corrected chi connectivity index (χ4v) is 1.78. The second-order valence-corrected chi connectivity index (χ2v) is 3.90. The van der Waals surface area contributed by atoms with Crippen LogP contribution >= 0.6 is 12.6 Å². The number of nitrogens with two attached hydrogens (primary N) is 2. The van der Waals surface area contributed by atoms with Gasteiger partial charge in [0.05, 0.1) is 0 Å². The molecule has 0 aliphatic heterocycles. The lowest BCUT2D eigenvalue weighted by Crippen LogP contribution is -1.93. The van der Waals surface area contributed by atoms with Crippen LogP contribution in [0.4, 0.5) is 11.4 Å². The monoisotopic (exact) mass is 246 g/mol. The van der Waals surface area contributed by atoms with Gasteiger partial charge in [-0.1, -0.05) is 12.1 Å². The minimum absolute atomic E-state index is 0.361. The van der Waals surface area contributed by atoms with Gasteiger partial charge in [-0.2, -0.15) is 0 Å². The highest BCUT2D eigenvalue weighted by molar-refractivity contribution is 7.80. The molecule has 0 saturated heterocycles. The fraction of sp³-hybridized carbons (Fsp3) is 0.0769. The van der Waals surface area contributed by atoms with Crippen LogP contribution in [0.15, 0.2) is 42.5 Å². The zero-order chi connectivity index (χ0) is 12.3. The van der Waals surface area contributed by atoms with E-state index in [4.69, 9.17) is 16.2 Å². The van der Waals surface area contributed by atoms with Crippen LogP contribution in [-0.4, -0.2) is 5.94 Å². The number of thiol groups is 1. The van der Waals surface area contributed by atoms with E-state index in [1.807, 2.05) is 36.4 Å². The van der Waals surface area contributed by atoms with Gasteiger partial charge in [-0.25, -0.2) is 0 Å². The normalized spacial score (nSPS) is 10.2. The minimum atomic E-state index is 0.361. The van der Waals surface area contributed by atoms with Gasteiger partial charge in [-0.15, -0.1) is 12.6 Å². The summed E-state index contributed by atoms with van der Waals surface area (Å²) in [6.45, 7) is 0. The molecule has 0 bridgehead atoms. The first-order chi connectivity index (χ1) is 8.20. The number of hydrogen-bond acceptors (Lipinski definition) is 4. The highest BCUT2D eigenvalue weighted by Gasteiger charge is 2.03. The average molecular weight is 246 g/mol. The Morgan fingerprint density at radius 1 is 1.00 bits per heavy atom. The Morgan fingerprint density at radius 2 is 1.71 bits per heavy atom. The second kappa shape index (κ2) is 5.01. The van der Waals surface area contributed by atoms with Crippen molar-refractivity contribution in [2.45, 2.75) is 0 Å². The standard InChI is InChI=1S/C13H14N2OS/c14-10-3-6-13(15)12(7-10)9-1-4-11(5-2-9)16-8-17/h1-7,17H,8,14-15H2. The van der Waals surface area contributed by atoms with Crippen molar-refractivity contribution in [3.63, 3.8) is 0 Å². The van der Waals surface area contributed by atoms with Gasteiger partial charge in [-0.05, 0) is 35.9 Å². The van der Waals surface area contributed by atoms with Crippen LogP contribution in [0.2, 0.25) is 0 Å². The maximum absolute atomic E-state index is 5.92. The molecule has 0 amide bonds. The van der Waals surface area contributed by atoms with Crippen molar-refractivity contribution in [2.75, 3.05) is 17.4 Å². The van der Waals surface area contributed by atoms with Gasteiger partial charge < -0.3 is 16.2 Å². The summed E-state index contributed by atoms with van der Waals surface area (Å²) in [7, 11) is 0. The topological polar surface area (TPSA) is 61.3 Å². The average Bonchev–Trinajstić information content (AvgIpc) is 2.34. The quantitative estimate of drug-likeness (QED) is 0.443. The number of nitrogen functional groups attached to an aromatic ring is 2. The zero-order valence-electron chi connectivity index (χ0n) is 9.26. The molecule has 2 rings (SSSR count). The second-order valence-electron chi connectivity index (χ2n) is 3.64. The van der Waals surface area contributed by atoms with E-state index in [1.54, 1.807) is 6.07 Å². The summed E-state index contributed by atoms with van der Waals surface area (Å²) in [5.41, 5.74) is 15.0. The fourth-order valence-electron chi connectivity index (χ4n) is 1.63. The molecule has 0 unspecified atom stereocenters. The van der Waals surface area contributed by atoms with Gasteiger partial charge in [0.2, 0.25) is 0 Å². The first-order valence-corrected chi connectivity index (χ1v) is 5.83. The van der Waals surface area contributed by atoms with Crippen LogP contribution in [0.1, 0.15) is 0 Å². The molecule has 4 N–H and O–H groups in total. The smallest absolute Gasteiger partial charge is 0.131 e. The Hall–Kier alpha value is -1.81. The molecule has 0 radical (unpaired) electrons. The molecule has 0 saturated carbocycles. The molecule has 88 valence electrons. The van der Waals surface area contributed by atoms with Crippen molar-refractivity contribution in [3.8, 4) is 16.9 Å². The molecule has 0 aromatic heterocycles. The van der Waals surface area contributed by atoms with Gasteiger partial charge in [0.1, 0.15) is 11.7 Å². The Labute approximate surface area is 106 Å². The van der Waals surface area contributed by atoms with E-state index in [2.05, 4.69) is 12.6 Å². The third-order valence-electron chi connectivity index (χ3n) is 2.47. The molecular formula is C13H14N2OS. The summed E-state index contributed by atoms with van der Waals surface area (Å²) in [5.74, 6) is 1.14. The number of rotatable bonds is 3. The predicted molar refractivity (Wildman–Crippen MR) is 75.2 cm³/mol. The number of ether oxygens (including phenoxy) is 1. The molecule has 2 aromatic rings. The highest BCUT2D eigenvalue weighted by atomic mass is 32.1. The minimum Gasteiger partial charge on any atom is -0.483 e. The summed E-state index contributed by atoms with van der Waals surface area (Å²) in [6.07, 6.45) is 0. The van der Waals surface area contributed by atoms with Crippen molar-refractivity contribution >= 4 is 24.0 Å². The lowest BCUT2D eigenvalue weighted by Gasteiger charge is -2.08. The summed E-state index contributed by atoms with van der Waals surface area (Å²) in [4.78, 5) is 0. The Kier molecular flexibility index (Phi) is 3.44. The van der Waals surface area contributed by atoms with Crippen LogP contribution in [0.25, 0.3) is 11.1 Å². The summed E-state index contributed by atoms with van der Waals surface area (Å²) in [5, 5.41) is 0. The van der Waals surface area contributed by atoms with Gasteiger partial charge in [0.25, 0.3) is 0 Å². The van der Waals surface area contributed by atoms with Crippen molar-refractivity contribution in [3.05, 3.63) is 42.5 Å². The van der Waals surface area contributed by atoms with E-state index < -0.39 is 0 Å². The molecule has 0 aliphatic rings. The third-order valence-corrected chi connectivity index (χ3v) is 2.60. The molecule has 3 nitrogen and oxygen atoms in total. The first kappa shape index (κ1) is 11.7. The first-order valence-electron chi connectivity index (χ1n) is 5.20. The molecule has 0 atom stereocenters. The van der Waals surface area contributed by atoms with E-state index in [0.29, 0.717) is 17.3 Å². The van der Waals surface area contributed by atoms with Crippen LogP contribution in [0.5, 0.6) is 5.75 Å². The Balaban J connectivity index is 2.36. The number of hydrogen-bond donors (Lipinski definition) is 3. The molecular weight excluding hydrogens is 232 g/mol. The number of anilines is 2. The van der Waals surface area contributed by atoms with Crippen molar-refractivity contribution in [1.82, 2.24) is 0 Å². The van der Waals surface area contributed by atoms with Crippen LogP contribution < -0.4 is 16.2 Å². The molecule has 2 aromatic carbocycles. The van der Waals surface area contributed by atoms with Crippen LogP contribution in [0, 0.1) is 0 Å². The van der Waals surface area contributed by atoms with Gasteiger partial charge in [0.15, 0.2) is 0 Å².